The molecule has 2 amide bonds. The van der Waals surface area contributed by atoms with E-state index in [1.54, 1.807) is 4.90 Å². The third-order valence-corrected chi connectivity index (χ3v) is 4.69. The van der Waals surface area contributed by atoms with E-state index in [9.17, 15) is 14.7 Å². The average Bonchev–Trinajstić information content (AvgIpc) is 3.13. The Balaban J connectivity index is 1.57. The Morgan fingerprint density at radius 2 is 1.95 bits per heavy atom. The molecule has 1 aliphatic carbocycles. The van der Waals surface area contributed by atoms with Gasteiger partial charge in [-0.05, 0) is 25.0 Å². The smallest absolute Gasteiger partial charge is 0.227 e. The quantitative estimate of drug-likeness (QED) is 0.884. The first-order chi connectivity index (χ1) is 10.6. The predicted molar refractivity (Wildman–Crippen MR) is 83.3 cm³/mol. The molecule has 2 aliphatic rings. The summed E-state index contributed by atoms with van der Waals surface area (Å²) in [6, 6.07) is 9.41. The number of rotatable bonds is 4. The van der Waals surface area contributed by atoms with E-state index in [0.29, 0.717) is 13.1 Å². The van der Waals surface area contributed by atoms with E-state index in [2.05, 4.69) is 5.32 Å². The van der Waals surface area contributed by atoms with Crippen molar-refractivity contribution in [3.63, 3.8) is 0 Å². The number of nitrogens with one attached hydrogen (secondary N) is 1. The van der Waals surface area contributed by atoms with Crippen LogP contribution < -0.4 is 10.2 Å². The monoisotopic (exact) mass is 302 g/mol. The summed E-state index contributed by atoms with van der Waals surface area (Å²) < 4.78 is 0. The van der Waals surface area contributed by atoms with Crippen LogP contribution in [0.2, 0.25) is 0 Å². The van der Waals surface area contributed by atoms with Gasteiger partial charge in [-0.2, -0.15) is 0 Å². The lowest BCUT2D eigenvalue weighted by atomic mass is 10.0. The second-order valence-corrected chi connectivity index (χ2v) is 6.39. The van der Waals surface area contributed by atoms with Gasteiger partial charge in [-0.3, -0.25) is 9.59 Å². The summed E-state index contributed by atoms with van der Waals surface area (Å²) in [6.07, 6.45) is 3.74. The van der Waals surface area contributed by atoms with Gasteiger partial charge in [0.25, 0.3) is 0 Å². The first-order valence-corrected chi connectivity index (χ1v) is 7.93. The number of para-hydroxylation sites is 1. The molecule has 3 rings (SSSR count). The Labute approximate surface area is 130 Å². The molecule has 2 fully saturated rings. The number of anilines is 1. The first kappa shape index (κ1) is 15.0. The van der Waals surface area contributed by atoms with Crippen molar-refractivity contribution in [1.82, 2.24) is 5.32 Å². The number of hydrogen-bond acceptors (Lipinski definition) is 3. The van der Waals surface area contributed by atoms with Crippen molar-refractivity contribution in [3.05, 3.63) is 30.3 Å². The SMILES string of the molecule is O=C(NCC1(O)CCCC1)[C@@H]1CC(=O)N(c2ccccc2)C1. The van der Waals surface area contributed by atoms with E-state index in [-0.39, 0.29) is 24.2 Å². The second-order valence-electron chi connectivity index (χ2n) is 6.39. The van der Waals surface area contributed by atoms with Gasteiger partial charge >= 0.3 is 0 Å². The maximum atomic E-state index is 12.3. The molecule has 0 bridgehead atoms. The maximum absolute atomic E-state index is 12.3. The summed E-state index contributed by atoms with van der Waals surface area (Å²) in [4.78, 5) is 26.0. The number of carbonyl (C=O) groups is 2. The molecule has 22 heavy (non-hydrogen) atoms. The van der Waals surface area contributed by atoms with Crippen molar-refractivity contribution in [3.8, 4) is 0 Å². The zero-order valence-electron chi connectivity index (χ0n) is 12.6. The molecule has 2 N–H and O–H groups in total. The highest BCUT2D eigenvalue weighted by Gasteiger charge is 2.37. The number of amides is 2. The molecule has 1 atom stereocenters. The molecule has 5 heteroatoms. The third-order valence-electron chi connectivity index (χ3n) is 4.69. The molecular weight excluding hydrogens is 280 g/mol. The van der Waals surface area contributed by atoms with E-state index < -0.39 is 5.60 Å². The highest BCUT2D eigenvalue weighted by molar-refractivity contribution is 6.00. The minimum absolute atomic E-state index is 0.0223. The molecule has 1 aromatic rings. The Morgan fingerprint density at radius 3 is 2.64 bits per heavy atom. The zero-order chi connectivity index (χ0) is 15.6. The normalized spacial score (nSPS) is 23.8. The fourth-order valence-corrected chi connectivity index (χ4v) is 3.35. The Kier molecular flexibility index (Phi) is 4.16. The molecule has 1 aliphatic heterocycles. The number of hydrogen-bond donors (Lipinski definition) is 2. The van der Waals surface area contributed by atoms with Gasteiger partial charge in [0.1, 0.15) is 0 Å². The average molecular weight is 302 g/mol. The lowest BCUT2D eigenvalue weighted by Crippen LogP contribution is -2.43. The van der Waals surface area contributed by atoms with E-state index in [1.807, 2.05) is 30.3 Å². The summed E-state index contributed by atoms with van der Waals surface area (Å²) >= 11 is 0. The van der Waals surface area contributed by atoms with Gasteiger partial charge in [-0.25, -0.2) is 0 Å². The lowest BCUT2D eigenvalue weighted by molar-refractivity contribution is -0.127. The van der Waals surface area contributed by atoms with Crippen molar-refractivity contribution in [1.29, 1.82) is 0 Å². The maximum Gasteiger partial charge on any atom is 0.227 e. The summed E-state index contributed by atoms with van der Waals surface area (Å²) in [7, 11) is 0. The number of aliphatic hydroxyl groups is 1. The van der Waals surface area contributed by atoms with E-state index in [4.69, 9.17) is 0 Å². The molecule has 0 radical (unpaired) electrons. The first-order valence-electron chi connectivity index (χ1n) is 7.93. The van der Waals surface area contributed by atoms with Crippen LogP contribution in [0.4, 0.5) is 5.69 Å². The summed E-state index contributed by atoms with van der Waals surface area (Å²) in [5, 5.41) is 13.1. The third kappa shape index (κ3) is 3.14. The molecular formula is C17H22N2O3. The van der Waals surface area contributed by atoms with Gasteiger partial charge in [0, 0.05) is 25.2 Å². The Morgan fingerprint density at radius 1 is 1.27 bits per heavy atom. The van der Waals surface area contributed by atoms with Crippen LogP contribution >= 0.6 is 0 Å². The fraction of sp³-hybridized carbons (Fsp3) is 0.529. The summed E-state index contributed by atoms with van der Waals surface area (Å²) in [5.41, 5.74) is 0.0782. The zero-order valence-corrected chi connectivity index (χ0v) is 12.6. The largest absolute Gasteiger partial charge is 0.388 e. The second kappa shape index (κ2) is 6.08. The molecule has 1 saturated carbocycles. The van der Waals surface area contributed by atoms with Crippen LogP contribution in [0.1, 0.15) is 32.1 Å². The molecule has 118 valence electrons. The minimum Gasteiger partial charge on any atom is -0.388 e. The Hall–Kier alpha value is -1.88. The van der Waals surface area contributed by atoms with Gasteiger partial charge in [0.2, 0.25) is 11.8 Å². The van der Waals surface area contributed by atoms with Gasteiger partial charge < -0.3 is 15.3 Å². The Bertz CT molecular complexity index is 552. The van der Waals surface area contributed by atoms with Crippen LogP contribution in [0.25, 0.3) is 0 Å². The fourth-order valence-electron chi connectivity index (χ4n) is 3.35. The van der Waals surface area contributed by atoms with E-state index >= 15 is 0 Å². The van der Waals surface area contributed by atoms with Crippen molar-refractivity contribution in [2.45, 2.75) is 37.7 Å². The summed E-state index contributed by atoms with van der Waals surface area (Å²) in [6.45, 7) is 0.703. The minimum atomic E-state index is -0.753. The molecule has 1 saturated heterocycles. The molecule has 1 aromatic carbocycles. The van der Waals surface area contributed by atoms with Crippen LogP contribution in [0, 0.1) is 5.92 Å². The lowest BCUT2D eigenvalue weighted by Gasteiger charge is -2.23. The van der Waals surface area contributed by atoms with Crippen LogP contribution in [0.15, 0.2) is 30.3 Å². The number of benzene rings is 1. The van der Waals surface area contributed by atoms with Crippen molar-refractivity contribution < 1.29 is 14.7 Å². The van der Waals surface area contributed by atoms with E-state index in [1.165, 1.54) is 0 Å². The molecule has 1 heterocycles. The molecule has 0 unspecified atom stereocenters. The van der Waals surface area contributed by atoms with Gasteiger partial charge in [0.15, 0.2) is 0 Å². The highest BCUT2D eigenvalue weighted by atomic mass is 16.3. The van der Waals surface area contributed by atoms with Crippen LogP contribution in [0.5, 0.6) is 0 Å². The van der Waals surface area contributed by atoms with Crippen LogP contribution in [-0.4, -0.2) is 35.6 Å². The standard InChI is InChI=1S/C17H22N2O3/c20-15-10-13(11-19(15)14-6-2-1-3-7-14)16(21)18-12-17(22)8-4-5-9-17/h1-3,6-7,13,22H,4-5,8-12H2,(H,18,21)/t13-/m1/s1. The van der Waals surface area contributed by atoms with Gasteiger partial charge in [-0.1, -0.05) is 31.0 Å². The molecule has 0 aromatic heterocycles. The van der Waals surface area contributed by atoms with Gasteiger partial charge in [0.05, 0.1) is 11.5 Å². The number of nitrogens with zero attached hydrogens (tertiary/aromatic N) is 1. The summed E-state index contributed by atoms with van der Waals surface area (Å²) in [5.74, 6) is -0.490. The van der Waals surface area contributed by atoms with Crippen molar-refractivity contribution >= 4 is 17.5 Å². The number of carbonyl (C=O) groups excluding carboxylic acids is 2. The van der Waals surface area contributed by atoms with Crippen LogP contribution in [0.3, 0.4) is 0 Å². The highest BCUT2D eigenvalue weighted by Crippen LogP contribution is 2.29. The van der Waals surface area contributed by atoms with E-state index in [0.717, 1.165) is 31.4 Å². The molecule has 5 nitrogen and oxygen atoms in total. The van der Waals surface area contributed by atoms with Crippen molar-refractivity contribution in [2.24, 2.45) is 5.92 Å². The predicted octanol–water partition coefficient (Wildman–Crippen LogP) is 1.46. The van der Waals surface area contributed by atoms with Crippen molar-refractivity contribution in [2.75, 3.05) is 18.0 Å². The van der Waals surface area contributed by atoms with Crippen LogP contribution in [-0.2, 0) is 9.59 Å². The molecule has 0 spiro atoms. The topological polar surface area (TPSA) is 69.6 Å². The van der Waals surface area contributed by atoms with Gasteiger partial charge in [-0.15, -0.1) is 0 Å².